The van der Waals surface area contributed by atoms with E-state index in [1.807, 2.05) is 66.1 Å². The Balaban J connectivity index is 1.55. The molecule has 2 aliphatic rings. The van der Waals surface area contributed by atoms with Gasteiger partial charge < -0.3 is 10.1 Å². The number of ether oxygens (including phenoxy) is 1. The summed E-state index contributed by atoms with van der Waals surface area (Å²) in [5, 5.41) is 4.90. The van der Waals surface area contributed by atoms with Crippen molar-refractivity contribution in [3.8, 4) is 5.75 Å². The van der Waals surface area contributed by atoms with E-state index in [0.717, 1.165) is 21.9 Å². The second-order valence-corrected chi connectivity index (χ2v) is 9.05. The van der Waals surface area contributed by atoms with Crippen molar-refractivity contribution < 1.29 is 18.9 Å². The molecule has 0 fully saturated rings. The largest absolute Gasteiger partial charge is 0.497 e. The van der Waals surface area contributed by atoms with Gasteiger partial charge in [-0.2, -0.15) is 4.58 Å². The predicted octanol–water partition coefficient (Wildman–Crippen LogP) is 3.64. The molecular weight excluding hydrogens is 416 g/mol. The summed E-state index contributed by atoms with van der Waals surface area (Å²) in [6.07, 6.45) is 7.49. The molecular formula is C23H21N2O3S2+. The lowest BCUT2D eigenvalue weighted by molar-refractivity contribution is -0.413. The van der Waals surface area contributed by atoms with Crippen LogP contribution in [0.4, 0.5) is 0 Å². The van der Waals surface area contributed by atoms with Crippen molar-refractivity contribution in [1.82, 2.24) is 5.32 Å². The zero-order valence-corrected chi connectivity index (χ0v) is 18.3. The van der Waals surface area contributed by atoms with Crippen LogP contribution in [0.15, 0.2) is 70.5 Å². The van der Waals surface area contributed by atoms with Gasteiger partial charge in [0.05, 0.1) is 13.7 Å². The highest BCUT2D eigenvalue weighted by Crippen LogP contribution is 2.33. The Hall–Kier alpha value is -2.90. The van der Waals surface area contributed by atoms with Crippen molar-refractivity contribution in [3.05, 3.63) is 80.9 Å². The van der Waals surface area contributed by atoms with E-state index < -0.39 is 0 Å². The average molecular weight is 438 g/mol. The van der Waals surface area contributed by atoms with Crippen LogP contribution >= 0.6 is 23.1 Å². The molecule has 1 atom stereocenters. The fourth-order valence-electron chi connectivity index (χ4n) is 3.24. The number of amides is 2. The van der Waals surface area contributed by atoms with Gasteiger partial charge in [-0.1, -0.05) is 42.1 Å². The lowest BCUT2D eigenvalue weighted by atomic mass is 10.0. The van der Waals surface area contributed by atoms with Crippen LogP contribution in [0.3, 0.4) is 0 Å². The van der Waals surface area contributed by atoms with Gasteiger partial charge in [-0.25, -0.2) is 4.79 Å². The number of carbonyl (C=O) groups excluding carboxylic acids is 2. The summed E-state index contributed by atoms with van der Waals surface area (Å²) in [7, 11) is 3.37. The Morgan fingerprint density at radius 2 is 2.17 bits per heavy atom. The molecule has 4 rings (SSSR count). The molecule has 0 saturated carbocycles. The zero-order chi connectivity index (χ0) is 21.1. The third-order valence-electron chi connectivity index (χ3n) is 4.86. The van der Waals surface area contributed by atoms with Crippen molar-refractivity contribution >= 4 is 46.7 Å². The van der Waals surface area contributed by atoms with Gasteiger partial charge in [-0.3, -0.25) is 4.79 Å². The van der Waals surface area contributed by atoms with Gasteiger partial charge in [0.25, 0.3) is 5.91 Å². The molecule has 7 heteroatoms. The molecule has 1 aromatic heterocycles. The fraction of sp³-hybridized carbons (Fsp3) is 0.174. The molecule has 0 radical (unpaired) electrons. The minimum Gasteiger partial charge on any atom is -0.497 e. The summed E-state index contributed by atoms with van der Waals surface area (Å²) in [6, 6.07) is 11.6. The van der Waals surface area contributed by atoms with Crippen LogP contribution in [0.1, 0.15) is 10.4 Å². The summed E-state index contributed by atoms with van der Waals surface area (Å²) in [5.74, 6) is 0.519. The normalized spacial score (nSPS) is 19.5. The maximum atomic E-state index is 12.9. The monoisotopic (exact) mass is 437 g/mol. The maximum absolute atomic E-state index is 12.9. The van der Waals surface area contributed by atoms with E-state index in [-0.39, 0.29) is 17.1 Å². The number of allylic oxidation sites excluding steroid dienone is 1. The van der Waals surface area contributed by atoms with Gasteiger partial charge in [-0.15, -0.1) is 11.3 Å². The molecule has 0 spiro atoms. The SMILES string of the molecule is COc1cccc(/C=C2\SC3C=CC(C(=O)NCc4cccs4)=CC3=[N+](C)C2=O)c1. The third-order valence-corrected chi connectivity index (χ3v) is 6.93. The predicted molar refractivity (Wildman–Crippen MR) is 122 cm³/mol. The number of nitrogens with one attached hydrogen (secondary N) is 1. The summed E-state index contributed by atoms with van der Waals surface area (Å²) >= 11 is 3.10. The van der Waals surface area contributed by atoms with Crippen molar-refractivity contribution in [2.75, 3.05) is 14.2 Å². The number of nitrogens with zero attached hydrogens (tertiary/aromatic N) is 1. The second-order valence-electron chi connectivity index (χ2n) is 6.83. The lowest BCUT2D eigenvalue weighted by Gasteiger charge is -2.21. The molecule has 2 aromatic rings. The molecule has 30 heavy (non-hydrogen) atoms. The number of likely N-dealkylation sites (N-methyl/N-ethyl adjacent to an activating group) is 1. The Kier molecular flexibility index (Phi) is 6.01. The Morgan fingerprint density at radius 1 is 1.30 bits per heavy atom. The van der Waals surface area contributed by atoms with Crippen molar-refractivity contribution in [2.45, 2.75) is 11.8 Å². The Labute approximate surface area is 183 Å². The van der Waals surface area contributed by atoms with E-state index in [9.17, 15) is 9.59 Å². The second kappa shape index (κ2) is 8.85. The van der Waals surface area contributed by atoms with E-state index in [1.54, 1.807) is 30.1 Å². The van der Waals surface area contributed by atoms with Crippen LogP contribution < -0.4 is 10.1 Å². The topological polar surface area (TPSA) is 58.4 Å². The molecule has 5 nitrogen and oxygen atoms in total. The highest BCUT2D eigenvalue weighted by Gasteiger charge is 2.37. The molecule has 1 unspecified atom stereocenters. The van der Waals surface area contributed by atoms with Gasteiger partial charge in [0.15, 0.2) is 0 Å². The van der Waals surface area contributed by atoms with Crippen LogP contribution in [0.2, 0.25) is 0 Å². The lowest BCUT2D eigenvalue weighted by Crippen LogP contribution is -2.37. The standard InChI is InChI=1S/C23H20N2O3S2/c1-25-19-13-16(22(26)24-14-18-7-4-10-29-18)8-9-20(19)30-21(23(25)27)12-15-5-3-6-17(11-15)28-2/h3-13,20H,14H2,1-2H3/p+1/b21-12-. The summed E-state index contributed by atoms with van der Waals surface area (Å²) in [5.41, 5.74) is 2.28. The summed E-state index contributed by atoms with van der Waals surface area (Å²) < 4.78 is 6.89. The van der Waals surface area contributed by atoms with Gasteiger partial charge in [-0.05, 0) is 35.2 Å². The van der Waals surface area contributed by atoms with E-state index in [1.165, 1.54) is 11.8 Å². The summed E-state index contributed by atoms with van der Waals surface area (Å²) in [4.78, 5) is 27.2. The zero-order valence-electron chi connectivity index (χ0n) is 16.6. The number of rotatable bonds is 5. The first-order chi connectivity index (χ1) is 14.5. The van der Waals surface area contributed by atoms with Crippen LogP contribution in [-0.4, -0.2) is 41.5 Å². The van der Waals surface area contributed by atoms with Crippen LogP contribution in [0.5, 0.6) is 5.75 Å². The quantitative estimate of drug-likeness (QED) is 0.573. The van der Waals surface area contributed by atoms with Crippen LogP contribution in [-0.2, 0) is 16.1 Å². The van der Waals surface area contributed by atoms with E-state index in [0.29, 0.717) is 17.0 Å². The highest BCUT2D eigenvalue weighted by atomic mass is 32.2. The molecule has 0 saturated heterocycles. The van der Waals surface area contributed by atoms with E-state index in [4.69, 9.17) is 4.74 Å². The fourth-order valence-corrected chi connectivity index (χ4v) is 5.10. The number of hydrogen-bond acceptors (Lipinski definition) is 5. The Morgan fingerprint density at radius 3 is 2.93 bits per heavy atom. The van der Waals surface area contributed by atoms with Crippen molar-refractivity contribution in [1.29, 1.82) is 0 Å². The van der Waals surface area contributed by atoms with Crippen LogP contribution in [0, 0.1) is 0 Å². The first kappa shape index (κ1) is 20.4. The number of thiophene rings is 1. The number of hydrogen-bond donors (Lipinski definition) is 1. The number of carbonyl (C=O) groups is 2. The molecule has 0 bridgehead atoms. The Bertz CT molecular complexity index is 1110. The number of methoxy groups -OCH3 is 1. The average Bonchev–Trinajstić information content (AvgIpc) is 3.29. The highest BCUT2D eigenvalue weighted by molar-refractivity contribution is 8.05. The minimum absolute atomic E-state index is 0.0154. The molecule has 2 heterocycles. The van der Waals surface area contributed by atoms with Gasteiger partial charge in [0, 0.05) is 16.5 Å². The van der Waals surface area contributed by atoms with Gasteiger partial charge >= 0.3 is 5.91 Å². The number of thioether (sulfide) groups is 1. The first-order valence-corrected chi connectivity index (χ1v) is 11.2. The molecule has 152 valence electrons. The third kappa shape index (κ3) is 4.32. The first-order valence-electron chi connectivity index (χ1n) is 9.43. The maximum Gasteiger partial charge on any atom is 0.425 e. The molecule has 1 aliphatic heterocycles. The van der Waals surface area contributed by atoms with E-state index in [2.05, 4.69) is 5.32 Å². The van der Waals surface area contributed by atoms with Crippen molar-refractivity contribution in [2.24, 2.45) is 0 Å². The molecule has 1 aromatic carbocycles. The minimum atomic E-state index is -0.144. The number of fused-ring (bicyclic) bond motifs is 1. The van der Waals surface area contributed by atoms with Crippen molar-refractivity contribution in [3.63, 3.8) is 0 Å². The summed E-state index contributed by atoms with van der Waals surface area (Å²) in [6.45, 7) is 0.497. The smallest absolute Gasteiger partial charge is 0.425 e. The van der Waals surface area contributed by atoms with Crippen LogP contribution in [0.25, 0.3) is 6.08 Å². The molecule has 2 amide bonds. The number of benzene rings is 1. The van der Waals surface area contributed by atoms with Gasteiger partial charge in [0.1, 0.15) is 23.0 Å². The molecule has 1 aliphatic carbocycles. The van der Waals surface area contributed by atoms with E-state index >= 15 is 0 Å². The molecule has 1 N–H and O–H groups in total. The van der Waals surface area contributed by atoms with Gasteiger partial charge in [0.2, 0.25) is 5.71 Å².